The first-order valence-corrected chi connectivity index (χ1v) is 2.06. The van der Waals surface area contributed by atoms with Crippen LogP contribution in [0.5, 0.6) is 0 Å². The lowest BCUT2D eigenvalue weighted by atomic mass is 10.5. The Kier molecular flexibility index (Phi) is 2.34. The van der Waals surface area contributed by atoms with Gasteiger partial charge in [-0.15, -0.1) is 0 Å². The van der Waals surface area contributed by atoms with E-state index < -0.39 is 11.2 Å². The van der Waals surface area contributed by atoms with Gasteiger partial charge in [-0.3, -0.25) is 0 Å². The minimum absolute atomic E-state index is 0.0748. The lowest BCUT2D eigenvalue weighted by molar-refractivity contribution is -0.0800. The van der Waals surface area contributed by atoms with E-state index in [0.717, 1.165) is 0 Å². The molecule has 0 aromatic rings. The largest absolute Gasteiger partial charge is 0.410 e. The average molecular weight is 144 g/mol. The molecule has 0 saturated carbocycles. The lowest BCUT2D eigenvalue weighted by Crippen LogP contribution is -2.00. The molecule has 0 bridgehead atoms. The van der Waals surface area contributed by atoms with Crippen LogP contribution in [-0.2, 0) is 0 Å². The van der Waals surface area contributed by atoms with Crippen molar-refractivity contribution in [3.05, 3.63) is 18.0 Å². The molecule has 1 radical (unpaired) electrons. The standard InChI is InChI=1S/C4H3ClF3/c1-3(5)2-4(6,7)8/h2H,1H2. The number of alkyl halides is 3. The fourth-order valence-corrected chi connectivity index (χ4v) is 0.301. The van der Waals surface area contributed by atoms with Gasteiger partial charge in [-0.05, 0) is 6.92 Å². The van der Waals surface area contributed by atoms with E-state index in [4.69, 9.17) is 11.6 Å². The molecule has 0 saturated heterocycles. The molecule has 0 amide bonds. The van der Waals surface area contributed by atoms with Gasteiger partial charge in [-0.2, -0.15) is 13.2 Å². The van der Waals surface area contributed by atoms with Gasteiger partial charge in [0.25, 0.3) is 0 Å². The molecular weight excluding hydrogens is 140 g/mol. The van der Waals surface area contributed by atoms with Crippen LogP contribution in [0.15, 0.2) is 11.1 Å². The van der Waals surface area contributed by atoms with Crippen LogP contribution in [0.3, 0.4) is 0 Å². The summed E-state index contributed by atoms with van der Waals surface area (Å²) in [6.07, 6.45) is -4.41. The third-order valence-electron chi connectivity index (χ3n) is 0.320. The van der Waals surface area contributed by atoms with Gasteiger partial charge in [0, 0.05) is 11.1 Å². The monoisotopic (exact) mass is 143 g/mol. The van der Waals surface area contributed by atoms with Crippen LogP contribution in [0.4, 0.5) is 13.2 Å². The summed E-state index contributed by atoms with van der Waals surface area (Å²) in [6, 6.07) is 0. The molecular formula is C4H3ClF3. The van der Waals surface area contributed by atoms with Crippen LogP contribution >= 0.6 is 11.6 Å². The molecule has 0 atom stereocenters. The van der Waals surface area contributed by atoms with E-state index in [1.165, 1.54) is 0 Å². The van der Waals surface area contributed by atoms with Crippen LogP contribution in [0.2, 0.25) is 0 Å². The van der Waals surface area contributed by atoms with Crippen molar-refractivity contribution in [2.24, 2.45) is 0 Å². The van der Waals surface area contributed by atoms with Crippen LogP contribution in [-0.4, -0.2) is 6.18 Å². The van der Waals surface area contributed by atoms with E-state index in [9.17, 15) is 13.2 Å². The molecule has 0 N–H and O–H groups in total. The van der Waals surface area contributed by atoms with E-state index in [2.05, 4.69) is 6.92 Å². The maximum absolute atomic E-state index is 11.1. The molecule has 0 aromatic carbocycles. The van der Waals surface area contributed by atoms with Crippen molar-refractivity contribution in [3.63, 3.8) is 0 Å². The molecule has 0 fully saturated rings. The first kappa shape index (κ1) is 7.82. The van der Waals surface area contributed by atoms with Crippen molar-refractivity contribution in [1.82, 2.24) is 0 Å². The zero-order valence-electron chi connectivity index (χ0n) is 3.80. The van der Waals surface area contributed by atoms with Gasteiger partial charge in [0.2, 0.25) is 0 Å². The Morgan fingerprint density at radius 1 is 1.50 bits per heavy atom. The van der Waals surface area contributed by atoms with Crippen LogP contribution in [0.25, 0.3) is 0 Å². The van der Waals surface area contributed by atoms with Crippen LogP contribution < -0.4 is 0 Å². The second kappa shape index (κ2) is 2.40. The van der Waals surface area contributed by atoms with E-state index in [0.29, 0.717) is 0 Å². The Bertz CT molecular complexity index is 98.3. The highest BCUT2D eigenvalue weighted by molar-refractivity contribution is 6.30. The zero-order valence-corrected chi connectivity index (χ0v) is 4.55. The molecule has 0 heterocycles. The van der Waals surface area contributed by atoms with Crippen molar-refractivity contribution in [1.29, 1.82) is 0 Å². The summed E-state index contributed by atoms with van der Waals surface area (Å²) < 4.78 is 33.3. The van der Waals surface area contributed by atoms with Gasteiger partial charge < -0.3 is 0 Å². The molecule has 4 heteroatoms. The minimum atomic E-state index is -4.33. The second-order valence-electron chi connectivity index (χ2n) is 1.13. The number of hydrogen-bond acceptors (Lipinski definition) is 0. The van der Waals surface area contributed by atoms with Gasteiger partial charge in [0.05, 0.1) is 0 Å². The Balaban J connectivity index is 3.89. The summed E-state index contributed by atoms with van der Waals surface area (Å²) in [5.74, 6) is 0. The summed E-state index contributed by atoms with van der Waals surface area (Å²) in [6.45, 7) is 2.83. The highest BCUT2D eigenvalue weighted by Crippen LogP contribution is 2.19. The van der Waals surface area contributed by atoms with Crippen molar-refractivity contribution in [2.75, 3.05) is 0 Å². The number of rotatable bonds is 0. The Morgan fingerprint density at radius 2 is 1.88 bits per heavy atom. The maximum Gasteiger partial charge on any atom is 0.410 e. The molecule has 0 aliphatic rings. The molecule has 0 aromatic heterocycles. The molecule has 0 rings (SSSR count). The topological polar surface area (TPSA) is 0 Å². The quantitative estimate of drug-likeness (QED) is 0.489. The minimum Gasteiger partial charge on any atom is -0.167 e. The molecule has 0 unspecified atom stereocenters. The highest BCUT2D eigenvalue weighted by Gasteiger charge is 2.22. The second-order valence-corrected chi connectivity index (χ2v) is 1.62. The Labute approximate surface area is 49.9 Å². The van der Waals surface area contributed by atoms with Crippen molar-refractivity contribution < 1.29 is 13.2 Å². The SMILES string of the molecule is [CH2]C(Cl)=CC(F)(F)F. The third-order valence-corrected chi connectivity index (χ3v) is 0.429. The number of halogens is 4. The molecule has 0 aliphatic heterocycles. The van der Waals surface area contributed by atoms with Crippen molar-refractivity contribution >= 4 is 11.6 Å². The van der Waals surface area contributed by atoms with Gasteiger partial charge in [-0.25, -0.2) is 0 Å². The van der Waals surface area contributed by atoms with E-state index in [1.807, 2.05) is 0 Å². The lowest BCUT2D eigenvalue weighted by Gasteiger charge is -1.95. The van der Waals surface area contributed by atoms with Crippen LogP contribution in [0.1, 0.15) is 0 Å². The predicted molar refractivity (Wildman–Crippen MR) is 25.3 cm³/mol. The fourth-order valence-electron chi connectivity index (χ4n) is 0.178. The summed E-state index contributed by atoms with van der Waals surface area (Å²) in [4.78, 5) is 0. The van der Waals surface area contributed by atoms with Gasteiger partial charge in [0.1, 0.15) is 0 Å². The van der Waals surface area contributed by atoms with Gasteiger partial charge in [-0.1, -0.05) is 11.6 Å². The Morgan fingerprint density at radius 3 is 1.88 bits per heavy atom. The van der Waals surface area contributed by atoms with Gasteiger partial charge in [0.15, 0.2) is 0 Å². The van der Waals surface area contributed by atoms with E-state index in [1.54, 1.807) is 0 Å². The molecule has 0 aliphatic carbocycles. The smallest absolute Gasteiger partial charge is 0.167 e. The first-order chi connectivity index (χ1) is 3.42. The summed E-state index contributed by atoms with van der Waals surface area (Å²) in [5.41, 5.74) is 0. The molecule has 0 nitrogen and oxygen atoms in total. The highest BCUT2D eigenvalue weighted by atomic mass is 35.5. The predicted octanol–water partition coefficient (Wildman–Crippen LogP) is 2.51. The average Bonchev–Trinajstić information content (AvgIpc) is 1.21. The summed E-state index contributed by atoms with van der Waals surface area (Å²) >= 11 is 4.79. The van der Waals surface area contributed by atoms with Crippen LogP contribution in [0, 0.1) is 6.92 Å². The summed E-state index contributed by atoms with van der Waals surface area (Å²) in [7, 11) is 0. The zero-order chi connectivity index (χ0) is 6.78. The van der Waals surface area contributed by atoms with Crippen molar-refractivity contribution in [2.45, 2.75) is 6.18 Å². The van der Waals surface area contributed by atoms with Gasteiger partial charge >= 0.3 is 6.18 Å². The normalized spacial score (nSPS) is 14.4. The van der Waals surface area contributed by atoms with E-state index in [-0.39, 0.29) is 6.08 Å². The first-order valence-electron chi connectivity index (χ1n) is 1.69. The number of hydrogen-bond donors (Lipinski definition) is 0. The van der Waals surface area contributed by atoms with E-state index >= 15 is 0 Å². The fraction of sp³-hybridized carbons (Fsp3) is 0.250. The van der Waals surface area contributed by atoms with Crippen molar-refractivity contribution in [3.8, 4) is 0 Å². The number of allylic oxidation sites excluding steroid dienone is 2. The third kappa shape index (κ3) is 5.82. The Hall–Kier alpha value is -0.180. The molecule has 47 valence electrons. The molecule has 0 spiro atoms. The summed E-state index contributed by atoms with van der Waals surface area (Å²) in [5, 5.41) is -0.502. The maximum atomic E-state index is 11.1. The molecule has 8 heavy (non-hydrogen) atoms.